The number of nitrogens with one attached hydrogen (secondary N) is 1. The van der Waals surface area contributed by atoms with Gasteiger partial charge in [-0.2, -0.15) is 0 Å². The molecule has 1 aromatic rings. The van der Waals surface area contributed by atoms with E-state index in [0.717, 1.165) is 38.6 Å². The van der Waals surface area contributed by atoms with Crippen LogP contribution in [0.5, 0.6) is 0 Å². The molecule has 0 aromatic heterocycles. The zero-order valence-corrected chi connectivity index (χ0v) is 27.7. The molecular weight excluding hydrogens is 510 g/mol. The number of hydrogen-bond donors (Lipinski definition) is 1. The largest absolute Gasteiger partial charge is 0.356 e. The first-order valence-electron chi connectivity index (χ1n) is 17.3. The summed E-state index contributed by atoms with van der Waals surface area (Å²) in [5, 5.41) is 3.36. The number of hydrogen-bond acceptors (Lipinski definition) is 1. The van der Waals surface area contributed by atoms with E-state index in [1.165, 1.54) is 63.4 Å². The molecule has 2 aliphatic carbocycles. The number of carbonyl (C=O) groups excluding carboxylic acids is 1. The molecule has 42 heavy (non-hydrogen) atoms. The zero-order chi connectivity index (χ0) is 30.3. The Kier molecular flexibility index (Phi) is 14.4. The van der Waals surface area contributed by atoms with Gasteiger partial charge < -0.3 is 5.32 Å². The smallest absolute Gasteiger partial charge is 0.220 e. The lowest BCUT2D eigenvalue weighted by atomic mass is 9.49. The predicted octanol–water partition coefficient (Wildman–Crippen LogP) is 11.1. The van der Waals surface area contributed by atoms with E-state index in [1.807, 2.05) is 0 Å². The van der Waals surface area contributed by atoms with Gasteiger partial charge in [-0.1, -0.05) is 121 Å². The highest BCUT2D eigenvalue weighted by Crippen LogP contribution is 2.57. The molecular formula is C40H61NO. The Hall–Kier alpha value is -2.35. The van der Waals surface area contributed by atoms with Crippen LogP contribution in [-0.4, -0.2) is 12.5 Å². The number of fused-ring (bicyclic) bond motifs is 3. The van der Waals surface area contributed by atoms with Gasteiger partial charge in [0.05, 0.1) is 0 Å². The van der Waals surface area contributed by atoms with Crippen LogP contribution in [0.1, 0.15) is 147 Å². The second kappa shape index (κ2) is 17.7. The highest BCUT2D eigenvalue weighted by molar-refractivity contribution is 5.75. The van der Waals surface area contributed by atoms with Crippen LogP contribution in [0, 0.1) is 11.3 Å². The van der Waals surface area contributed by atoms with Crippen LogP contribution < -0.4 is 5.32 Å². The van der Waals surface area contributed by atoms with E-state index in [0.29, 0.717) is 18.3 Å². The van der Waals surface area contributed by atoms with Gasteiger partial charge in [0.1, 0.15) is 0 Å². The Morgan fingerprint density at radius 3 is 2.19 bits per heavy atom. The number of allylic oxidation sites excluding steroid dienone is 8. The normalized spacial score (nSPS) is 24.3. The van der Waals surface area contributed by atoms with Crippen molar-refractivity contribution in [3.8, 4) is 0 Å². The van der Waals surface area contributed by atoms with Gasteiger partial charge in [0.25, 0.3) is 0 Å². The number of carbonyl (C=O) groups is 1. The van der Waals surface area contributed by atoms with Crippen molar-refractivity contribution in [3.05, 3.63) is 83.5 Å². The first-order valence-corrected chi connectivity index (χ1v) is 17.3. The van der Waals surface area contributed by atoms with Crippen LogP contribution in [0.4, 0.5) is 0 Å². The summed E-state index contributed by atoms with van der Waals surface area (Å²) in [6.45, 7) is 12.6. The molecule has 1 fully saturated rings. The fraction of sp³-hybridized carbons (Fsp3) is 0.625. The summed E-state index contributed by atoms with van der Waals surface area (Å²) < 4.78 is 0. The van der Waals surface area contributed by atoms with Crippen LogP contribution in [0.3, 0.4) is 0 Å². The van der Waals surface area contributed by atoms with E-state index in [1.54, 1.807) is 11.1 Å². The topological polar surface area (TPSA) is 29.1 Å². The SMILES string of the molecule is CCCCCC=CCC=CCC=CCC=CCCCC(=O)NCC1(C)CCCC2(C)c3ccc(C(C)C)cc3CCC12. The van der Waals surface area contributed by atoms with E-state index in [4.69, 9.17) is 0 Å². The van der Waals surface area contributed by atoms with E-state index in [2.05, 4.69) is 107 Å². The molecule has 3 rings (SSSR count). The lowest BCUT2D eigenvalue weighted by Crippen LogP contribution is -2.53. The van der Waals surface area contributed by atoms with E-state index in [-0.39, 0.29) is 16.7 Å². The van der Waals surface area contributed by atoms with E-state index in [9.17, 15) is 4.79 Å². The van der Waals surface area contributed by atoms with Crippen molar-refractivity contribution in [1.82, 2.24) is 5.32 Å². The molecule has 2 aliphatic rings. The van der Waals surface area contributed by atoms with Crippen molar-refractivity contribution >= 4 is 5.91 Å². The molecule has 0 bridgehead atoms. The molecule has 1 aromatic carbocycles. The van der Waals surface area contributed by atoms with Gasteiger partial charge >= 0.3 is 0 Å². The molecule has 1 saturated carbocycles. The predicted molar refractivity (Wildman–Crippen MR) is 183 cm³/mol. The van der Waals surface area contributed by atoms with Gasteiger partial charge in [-0.3, -0.25) is 4.79 Å². The summed E-state index contributed by atoms with van der Waals surface area (Å²) in [5.41, 5.74) is 5.02. The van der Waals surface area contributed by atoms with Crippen LogP contribution in [0.15, 0.2) is 66.8 Å². The maximum Gasteiger partial charge on any atom is 0.220 e. The van der Waals surface area contributed by atoms with Crippen LogP contribution in [0.25, 0.3) is 0 Å². The standard InChI is InChI=1S/C40H61NO/c1-6-7-8-9-10-11-12-13-14-15-16-17-18-19-20-21-22-24-38(42)41-32-39(4)29-23-30-40(5)36-27-25-34(33(2)3)31-35(36)26-28-37(39)40/h10-11,13-14,16-17,19-20,25,27,31,33,37H,6-9,12,15,18,21-24,26,28-30,32H2,1-5H3,(H,41,42). The summed E-state index contributed by atoms with van der Waals surface area (Å²) in [6, 6.07) is 7.29. The van der Waals surface area contributed by atoms with Crippen LogP contribution in [0.2, 0.25) is 0 Å². The average Bonchev–Trinajstić information content (AvgIpc) is 2.97. The highest BCUT2D eigenvalue weighted by atomic mass is 16.1. The van der Waals surface area contributed by atoms with Gasteiger partial charge in [-0.15, -0.1) is 0 Å². The molecule has 0 aliphatic heterocycles. The maximum absolute atomic E-state index is 12.8. The minimum atomic E-state index is 0.170. The van der Waals surface area contributed by atoms with Crippen molar-refractivity contribution in [2.75, 3.05) is 6.54 Å². The summed E-state index contributed by atoms with van der Waals surface area (Å²) >= 11 is 0. The van der Waals surface area contributed by atoms with Gasteiger partial charge in [0, 0.05) is 13.0 Å². The summed E-state index contributed by atoms with van der Waals surface area (Å²) in [4.78, 5) is 12.8. The first kappa shape index (κ1) is 34.1. The fourth-order valence-corrected chi connectivity index (χ4v) is 7.54. The lowest BCUT2D eigenvalue weighted by molar-refractivity contribution is -0.122. The minimum absolute atomic E-state index is 0.170. The number of amides is 1. The Balaban J connectivity index is 1.32. The molecule has 0 heterocycles. The van der Waals surface area contributed by atoms with Crippen molar-refractivity contribution in [2.45, 2.75) is 142 Å². The highest BCUT2D eigenvalue weighted by Gasteiger charge is 2.51. The number of aryl methyl sites for hydroxylation is 1. The van der Waals surface area contributed by atoms with Crippen molar-refractivity contribution in [2.24, 2.45) is 11.3 Å². The first-order chi connectivity index (χ1) is 20.3. The van der Waals surface area contributed by atoms with Crippen LogP contribution in [-0.2, 0) is 16.6 Å². The van der Waals surface area contributed by atoms with Gasteiger partial charge in [0.2, 0.25) is 5.91 Å². The van der Waals surface area contributed by atoms with Crippen LogP contribution >= 0.6 is 0 Å². The molecule has 0 saturated heterocycles. The molecule has 232 valence electrons. The van der Waals surface area contributed by atoms with Crippen molar-refractivity contribution in [1.29, 1.82) is 0 Å². The number of benzene rings is 1. The Labute approximate surface area is 259 Å². The summed E-state index contributed by atoms with van der Waals surface area (Å²) in [5.74, 6) is 1.42. The fourth-order valence-electron chi connectivity index (χ4n) is 7.54. The number of rotatable bonds is 17. The van der Waals surface area contributed by atoms with Gasteiger partial charge in [0.15, 0.2) is 0 Å². The Bertz CT molecular complexity index is 1080. The van der Waals surface area contributed by atoms with Gasteiger partial charge in [-0.25, -0.2) is 0 Å². The molecule has 1 N–H and O–H groups in total. The molecule has 2 nitrogen and oxygen atoms in total. The van der Waals surface area contributed by atoms with Gasteiger partial charge in [-0.05, 0) is 110 Å². The van der Waals surface area contributed by atoms with Crippen molar-refractivity contribution in [3.63, 3.8) is 0 Å². The zero-order valence-electron chi connectivity index (χ0n) is 27.7. The van der Waals surface area contributed by atoms with E-state index >= 15 is 0 Å². The lowest BCUT2D eigenvalue weighted by Gasteiger charge is -2.55. The monoisotopic (exact) mass is 571 g/mol. The second-order valence-electron chi connectivity index (χ2n) is 13.8. The maximum atomic E-state index is 12.8. The number of unbranched alkanes of at least 4 members (excludes halogenated alkanes) is 4. The molecule has 2 heteroatoms. The van der Waals surface area contributed by atoms with Crippen molar-refractivity contribution < 1.29 is 4.79 Å². The quantitative estimate of drug-likeness (QED) is 0.146. The molecule has 3 atom stereocenters. The third kappa shape index (κ3) is 10.1. The second-order valence-corrected chi connectivity index (χ2v) is 13.8. The molecule has 0 spiro atoms. The summed E-state index contributed by atoms with van der Waals surface area (Å²) in [6.07, 6.45) is 34.9. The minimum Gasteiger partial charge on any atom is -0.356 e. The molecule has 1 amide bonds. The Morgan fingerprint density at radius 1 is 0.905 bits per heavy atom. The Morgan fingerprint density at radius 2 is 1.55 bits per heavy atom. The summed E-state index contributed by atoms with van der Waals surface area (Å²) in [7, 11) is 0. The molecule has 0 radical (unpaired) electrons. The third-order valence-electron chi connectivity index (χ3n) is 10.1. The molecule has 3 unspecified atom stereocenters. The third-order valence-corrected chi connectivity index (χ3v) is 10.1. The average molecular weight is 572 g/mol. The van der Waals surface area contributed by atoms with E-state index < -0.39 is 0 Å².